The van der Waals surface area contributed by atoms with Crippen LogP contribution < -0.4 is 0 Å². The third-order valence-electron chi connectivity index (χ3n) is 0.941. The van der Waals surface area contributed by atoms with E-state index in [1.54, 1.807) is 7.11 Å². The topological polar surface area (TPSA) is 18.5 Å². The molecule has 0 amide bonds. The van der Waals surface area contributed by atoms with Crippen molar-refractivity contribution in [3.05, 3.63) is 0 Å². The van der Waals surface area contributed by atoms with Crippen molar-refractivity contribution in [1.29, 1.82) is 0 Å². The lowest BCUT2D eigenvalue weighted by Gasteiger charge is -2.23. The lowest BCUT2D eigenvalue weighted by Crippen LogP contribution is -2.38. The Morgan fingerprint density at radius 2 is 2.67 bits per heavy atom. The minimum Gasteiger partial charge on any atom is -0.419 e. The van der Waals surface area contributed by atoms with E-state index in [9.17, 15) is 0 Å². The van der Waals surface area contributed by atoms with Crippen LogP contribution in [0.2, 0.25) is 0 Å². The Labute approximate surface area is 39.4 Å². The van der Waals surface area contributed by atoms with Gasteiger partial charge in [-0.1, -0.05) is 0 Å². The van der Waals surface area contributed by atoms with E-state index in [2.05, 4.69) is 0 Å². The summed E-state index contributed by atoms with van der Waals surface area (Å²) in [6.07, 6.45) is 0. The van der Waals surface area contributed by atoms with Crippen LogP contribution in [0.3, 0.4) is 0 Å². The molecular formula is C3H8O2Si. The molecule has 1 fully saturated rings. The highest BCUT2D eigenvalue weighted by atomic mass is 28.2. The average Bonchev–Trinajstić information content (AvgIpc) is 1.31. The molecule has 0 spiro atoms. The maximum atomic E-state index is 4.94. The summed E-state index contributed by atoms with van der Waals surface area (Å²) in [6, 6.07) is 0. The van der Waals surface area contributed by atoms with Crippen LogP contribution in [0.25, 0.3) is 0 Å². The summed E-state index contributed by atoms with van der Waals surface area (Å²) in [5.74, 6) is 0. The fraction of sp³-hybridized carbons (Fsp3) is 1.00. The molecule has 2 nitrogen and oxygen atoms in total. The number of rotatable bonds is 1. The monoisotopic (exact) mass is 104 g/mol. The third kappa shape index (κ3) is 0.615. The molecule has 1 rings (SSSR count). The second-order valence-electron chi connectivity index (χ2n) is 1.40. The molecular weight excluding hydrogens is 96.1 g/mol. The van der Waals surface area contributed by atoms with E-state index in [0.717, 1.165) is 6.61 Å². The highest BCUT2D eigenvalue weighted by molar-refractivity contribution is 6.32. The molecule has 1 aliphatic rings. The summed E-state index contributed by atoms with van der Waals surface area (Å²) in [5.41, 5.74) is 0.532. The molecule has 0 aromatic heterocycles. The minimum atomic E-state index is -0.203. The van der Waals surface area contributed by atoms with Crippen molar-refractivity contribution in [3.8, 4) is 0 Å². The maximum Gasteiger partial charge on any atom is 0.193 e. The fourth-order valence-electron chi connectivity index (χ4n) is 0.350. The van der Waals surface area contributed by atoms with Gasteiger partial charge in [-0.3, -0.25) is 0 Å². The van der Waals surface area contributed by atoms with E-state index in [1.165, 1.54) is 0 Å². The van der Waals surface area contributed by atoms with Crippen LogP contribution in [-0.2, 0) is 9.16 Å². The van der Waals surface area contributed by atoms with Crippen LogP contribution in [0.4, 0.5) is 0 Å². The Kier molecular flexibility index (Phi) is 1.24. The van der Waals surface area contributed by atoms with Gasteiger partial charge in [-0.05, 0) is 0 Å². The lowest BCUT2D eigenvalue weighted by atomic mass is 10.8. The van der Waals surface area contributed by atoms with Gasteiger partial charge < -0.3 is 9.16 Å². The molecule has 1 atom stereocenters. The lowest BCUT2D eigenvalue weighted by molar-refractivity contribution is 0.0552. The van der Waals surface area contributed by atoms with Gasteiger partial charge in [0, 0.05) is 7.11 Å². The van der Waals surface area contributed by atoms with Gasteiger partial charge in [0.1, 0.15) is 0 Å². The van der Waals surface area contributed by atoms with Gasteiger partial charge in [0.2, 0.25) is 0 Å². The number of methoxy groups -OCH3 is 1. The Morgan fingerprint density at radius 1 is 2.00 bits per heavy atom. The van der Waals surface area contributed by atoms with Crippen LogP contribution in [-0.4, -0.2) is 29.2 Å². The second kappa shape index (κ2) is 1.73. The van der Waals surface area contributed by atoms with E-state index in [1.807, 2.05) is 0 Å². The molecule has 0 bridgehead atoms. The molecule has 0 aliphatic carbocycles. The first-order chi connectivity index (χ1) is 2.93. The van der Waals surface area contributed by atoms with Crippen molar-refractivity contribution in [1.82, 2.24) is 0 Å². The zero-order chi connectivity index (χ0) is 4.41. The van der Waals surface area contributed by atoms with Gasteiger partial charge in [0.25, 0.3) is 0 Å². The number of ether oxygens (including phenoxy) is 1. The van der Waals surface area contributed by atoms with Crippen molar-refractivity contribution in [3.63, 3.8) is 0 Å². The summed E-state index contributed by atoms with van der Waals surface area (Å²) in [4.78, 5) is 0. The first-order valence-electron chi connectivity index (χ1n) is 2.04. The van der Waals surface area contributed by atoms with E-state index in [4.69, 9.17) is 9.16 Å². The summed E-state index contributed by atoms with van der Waals surface area (Å²) >= 11 is 0. The Bertz CT molecular complexity index is 41.3. The molecule has 0 aromatic rings. The first-order valence-corrected chi connectivity index (χ1v) is 3.43. The summed E-state index contributed by atoms with van der Waals surface area (Å²) < 4.78 is 9.86. The highest BCUT2D eigenvalue weighted by Gasteiger charge is 2.16. The van der Waals surface area contributed by atoms with Gasteiger partial charge in [0.05, 0.1) is 12.3 Å². The average molecular weight is 104 g/mol. The zero-order valence-corrected chi connectivity index (χ0v) is 5.22. The highest BCUT2D eigenvalue weighted by Crippen LogP contribution is 1.98. The standard InChI is InChI=1S/C3H8O2Si/c1-4-3-2-5-6-3/h3H,2,6H2,1H3. The molecule has 0 aromatic carbocycles. The van der Waals surface area contributed by atoms with Crippen LogP contribution in [0.15, 0.2) is 0 Å². The predicted octanol–water partition coefficient (Wildman–Crippen LogP) is -0.927. The SMILES string of the molecule is COC1CO[SiH2]1. The van der Waals surface area contributed by atoms with E-state index in [-0.39, 0.29) is 9.76 Å². The van der Waals surface area contributed by atoms with Crippen LogP contribution >= 0.6 is 0 Å². The first kappa shape index (κ1) is 4.30. The summed E-state index contributed by atoms with van der Waals surface area (Å²) in [6.45, 7) is 0.850. The molecule has 3 heteroatoms. The third-order valence-corrected chi connectivity index (χ3v) is 2.35. The van der Waals surface area contributed by atoms with Crippen molar-refractivity contribution in [2.24, 2.45) is 0 Å². The molecule has 1 unspecified atom stereocenters. The zero-order valence-electron chi connectivity index (χ0n) is 3.81. The van der Waals surface area contributed by atoms with E-state index >= 15 is 0 Å². The van der Waals surface area contributed by atoms with Gasteiger partial charge in [-0.15, -0.1) is 0 Å². The van der Waals surface area contributed by atoms with Crippen molar-refractivity contribution in [2.45, 2.75) is 5.73 Å². The summed E-state index contributed by atoms with van der Waals surface area (Å²) in [5, 5.41) is 0. The van der Waals surface area contributed by atoms with Crippen molar-refractivity contribution < 1.29 is 9.16 Å². The molecule has 0 saturated carbocycles. The Hall–Kier alpha value is 0.137. The van der Waals surface area contributed by atoms with E-state index in [0.29, 0.717) is 5.73 Å². The maximum absolute atomic E-state index is 4.94. The van der Waals surface area contributed by atoms with Crippen LogP contribution in [0.5, 0.6) is 0 Å². The van der Waals surface area contributed by atoms with Gasteiger partial charge in [-0.25, -0.2) is 0 Å². The van der Waals surface area contributed by atoms with Gasteiger partial charge >= 0.3 is 0 Å². The quantitative estimate of drug-likeness (QED) is 0.400. The van der Waals surface area contributed by atoms with Gasteiger partial charge in [-0.2, -0.15) is 0 Å². The largest absolute Gasteiger partial charge is 0.419 e. The molecule has 1 saturated heterocycles. The molecule has 0 N–H and O–H groups in total. The molecule has 1 heterocycles. The van der Waals surface area contributed by atoms with Crippen molar-refractivity contribution >= 4 is 9.76 Å². The van der Waals surface area contributed by atoms with Gasteiger partial charge in [0.15, 0.2) is 9.76 Å². The number of hydrogen-bond acceptors (Lipinski definition) is 2. The number of hydrogen-bond donors (Lipinski definition) is 0. The fourth-order valence-corrected chi connectivity index (χ4v) is 0.914. The Balaban J connectivity index is 2.01. The summed E-state index contributed by atoms with van der Waals surface area (Å²) in [7, 11) is 1.53. The molecule has 6 heavy (non-hydrogen) atoms. The van der Waals surface area contributed by atoms with E-state index < -0.39 is 0 Å². The molecule has 36 valence electrons. The smallest absolute Gasteiger partial charge is 0.193 e. The van der Waals surface area contributed by atoms with Crippen LogP contribution in [0.1, 0.15) is 0 Å². The molecule has 1 aliphatic heterocycles. The minimum absolute atomic E-state index is 0.203. The predicted molar refractivity (Wildman–Crippen MR) is 25.3 cm³/mol. The van der Waals surface area contributed by atoms with Crippen molar-refractivity contribution in [2.75, 3.05) is 13.7 Å². The molecule has 0 radical (unpaired) electrons. The Morgan fingerprint density at radius 3 is 2.67 bits per heavy atom. The van der Waals surface area contributed by atoms with Crippen LogP contribution in [0, 0.1) is 0 Å². The second-order valence-corrected chi connectivity index (χ2v) is 3.05. The normalized spacial score (nSPS) is 36.5.